The van der Waals surface area contributed by atoms with Crippen LogP contribution in [0, 0.1) is 12.8 Å². The first kappa shape index (κ1) is 16.1. The smallest absolute Gasteiger partial charge is 0.378 e. The van der Waals surface area contributed by atoms with Crippen molar-refractivity contribution in [3.05, 3.63) is 11.3 Å². The second-order valence-corrected chi connectivity index (χ2v) is 6.07. The second kappa shape index (κ2) is 6.21. The lowest BCUT2D eigenvalue weighted by molar-refractivity contribution is -0.183. The summed E-state index contributed by atoms with van der Waals surface area (Å²) in [5.41, 5.74) is 1.02. The zero-order valence-electron chi connectivity index (χ0n) is 11.9. The molecule has 1 aliphatic carbocycles. The molecule has 0 radical (unpaired) electrons. The molecule has 21 heavy (non-hydrogen) atoms. The van der Waals surface area contributed by atoms with Crippen LogP contribution in [0.5, 0.6) is 0 Å². The summed E-state index contributed by atoms with van der Waals surface area (Å²) in [6.45, 7) is 1.71. The molecule has 1 saturated carbocycles. The van der Waals surface area contributed by atoms with Crippen LogP contribution < -0.4 is 10.6 Å². The average Bonchev–Trinajstić information content (AvgIpc) is 2.79. The van der Waals surface area contributed by atoms with Gasteiger partial charge in [-0.25, -0.2) is 0 Å². The summed E-state index contributed by atoms with van der Waals surface area (Å²) in [6, 6.07) is -0.429. The quantitative estimate of drug-likeness (QED) is 0.898. The third-order valence-electron chi connectivity index (χ3n) is 3.79. The number of amides is 1. The summed E-state index contributed by atoms with van der Waals surface area (Å²) in [7, 11) is 1.68. The molecule has 1 fully saturated rings. The Balaban J connectivity index is 2.04. The molecule has 1 aromatic rings. The van der Waals surface area contributed by atoms with Gasteiger partial charge in [-0.3, -0.25) is 4.79 Å². The zero-order chi connectivity index (χ0) is 15.6. The summed E-state index contributed by atoms with van der Waals surface area (Å²) < 4.78 is 42.4. The van der Waals surface area contributed by atoms with Crippen molar-refractivity contribution in [1.29, 1.82) is 0 Å². The fourth-order valence-corrected chi connectivity index (χ4v) is 3.43. The van der Waals surface area contributed by atoms with Crippen LogP contribution in [0.25, 0.3) is 0 Å². The lowest BCUT2D eigenvalue weighted by Crippen LogP contribution is -2.41. The Morgan fingerprint density at radius 3 is 2.71 bits per heavy atom. The van der Waals surface area contributed by atoms with Crippen molar-refractivity contribution < 1.29 is 18.0 Å². The number of nitrogens with zero attached hydrogens (tertiary/aromatic N) is 1. The van der Waals surface area contributed by atoms with Crippen LogP contribution in [-0.4, -0.2) is 29.5 Å². The van der Waals surface area contributed by atoms with Gasteiger partial charge in [-0.05, 0) is 37.7 Å². The molecule has 1 aromatic heterocycles. The van der Waals surface area contributed by atoms with Gasteiger partial charge < -0.3 is 10.6 Å². The van der Waals surface area contributed by atoms with Gasteiger partial charge in [0.05, 0.1) is 17.2 Å². The Kier molecular flexibility index (Phi) is 4.75. The third kappa shape index (κ3) is 3.66. The molecule has 2 unspecified atom stereocenters. The van der Waals surface area contributed by atoms with Crippen molar-refractivity contribution in [2.75, 3.05) is 12.4 Å². The van der Waals surface area contributed by atoms with E-state index in [4.69, 9.17) is 0 Å². The van der Waals surface area contributed by atoms with Crippen molar-refractivity contribution in [2.45, 2.75) is 44.8 Å². The number of hydrogen-bond donors (Lipinski definition) is 2. The van der Waals surface area contributed by atoms with Crippen LogP contribution in [0.15, 0.2) is 0 Å². The Bertz CT molecular complexity index is 515. The Morgan fingerprint density at radius 2 is 2.10 bits per heavy atom. The lowest BCUT2D eigenvalue weighted by Gasteiger charge is -2.31. The maximum absolute atomic E-state index is 12.8. The number of carbonyl (C=O) groups excluding carboxylic acids is 1. The predicted octanol–water partition coefficient (Wildman–Crippen LogP) is 3.34. The minimum atomic E-state index is -4.18. The molecule has 2 atom stereocenters. The van der Waals surface area contributed by atoms with E-state index in [9.17, 15) is 18.0 Å². The number of carbonyl (C=O) groups is 1. The van der Waals surface area contributed by atoms with Crippen LogP contribution in [0.2, 0.25) is 0 Å². The first-order valence-corrected chi connectivity index (χ1v) is 7.62. The minimum absolute atomic E-state index is 0.0409. The van der Waals surface area contributed by atoms with E-state index in [0.717, 1.165) is 0 Å². The van der Waals surface area contributed by atoms with Gasteiger partial charge in [-0.15, -0.1) is 0 Å². The Morgan fingerprint density at radius 1 is 1.38 bits per heavy atom. The predicted molar refractivity (Wildman–Crippen MR) is 75.7 cm³/mol. The standard InChI is InChI=1S/C13H18F3N3OS/c1-7-10(12(17-2)21-19-7)11(20)18-9-5-3-4-8(6-9)13(14,15)16/h8-9,17H,3-6H2,1-2H3,(H,18,20). The number of halogens is 3. The summed E-state index contributed by atoms with van der Waals surface area (Å²) >= 11 is 1.17. The topological polar surface area (TPSA) is 54.0 Å². The van der Waals surface area contributed by atoms with Gasteiger partial charge in [0.1, 0.15) is 5.00 Å². The highest BCUT2D eigenvalue weighted by Gasteiger charge is 2.42. The van der Waals surface area contributed by atoms with Gasteiger partial charge in [0.2, 0.25) is 0 Å². The van der Waals surface area contributed by atoms with Crippen molar-refractivity contribution in [3.8, 4) is 0 Å². The van der Waals surface area contributed by atoms with Crippen LogP contribution in [0.4, 0.5) is 18.2 Å². The Labute approximate surface area is 125 Å². The van der Waals surface area contributed by atoms with Gasteiger partial charge >= 0.3 is 6.18 Å². The minimum Gasteiger partial charge on any atom is -0.378 e. The molecule has 2 N–H and O–H groups in total. The van der Waals surface area contributed by atoms with E-state index in [2.05, 4.69) is 15.0 Å². The Hall–Kier alpha value is -1.31. The molecule has 0 aliphatic heterocycles. The summed E-state index contributed by atoms with van der Waals surface area (Å²) in [6.07, 6.45) is -3.00. The summed E-state index contributed by atoms with van der Waals surface area (Å²) in [5, 5.41) is 6.24. The van der Waals surface area contributed by atoms with E-state index in [1.165, 1.54) is 11.5 Å². The van der Waals surface area contributed by atoms with Crippen molar-refractivity contribution in [3.63, 3.8) is 0 Å². The van der Waals surface area contributed by atoms with E-state index in [1.54, 1.807) is 14.0 Å². The van der Waals surface area contributed by atoms with Gasteiger partial charge in [-0.1, -0.05) is 6.42 Å². The number of nitrogens with one attached hydrogen (secondary N) is 2. The molecule has 0 saturated heterocycles. The van der Waals surface area contributed by atoms with Gasteiger partial charge in [0, 0.05) is 13.1 Å². The number of anilines is 1. The average molecular weight is 321 g/mol. The number of rotatable bonds is 3. The zero-order valence-corrected chi connectivity index (χ0v) is 12.7. The van der Waals surface area contributed by atoms with Crippen molar-refractivity contribution in [1.82, 2.24) is 9.69 Å². The van der Waals surface area contributed by atoms with E-state index in [1.807, 2.05) is 0 Å². The first-order chi connectivity index (χ1) is 9.82. The largest absolute Gasteiger partial charge is 0.391 e. The number of aryl methyl sites for hydroxylation is 1. The lowest BCUT2D eigenvalue weighted by atomic mass is 9.85. The van der Waals surface area contributed by atoms with E-state index < -0.39 is 18.1 Å². The van der Waals surface area contributed by atoms with Gasteiger partial charge in [-0.2, -0.15) is 17.5 Å². The number of alkyl halides is 3. The maximum Gasteiger partial charge on any atom is 0.391 e. The molecule has 1 aliphatic rings. The van der Waals surface area contributed by atoms with Crippen LogP contribution in [0.1, 0.15) is 41.7 Å². The molecular formula is C13H18F3N3OS. The van der Waals surface area contributed by atoms with Crippen LogP contribution in [0.3, 0.4) is 0 Å². The fourth-order valence-electron chi connectivity index (χ4n) is 2.68. The highest BCUT2D eigenvalue weighted by atomic mass is 32.1. The van der Waals surface area contributed by atoms with Crippen molar-refractivity contribution in [2.24, 2.45) is 5.92 Å². The molecule has 4 nitrogen and oxygen atoms in total. The highest BCUT2D eigenvalue weighted by molar-refractivity contribution is 7.10. The van der Waals surface area contributed by atoms with Crippen LogP contribution >= 0.6 is 11.5 Å². The van der Waals surface area contributed by atoms with E-state index >= 15 is 0 Å². The van der Waals surface area contributed by atoms with E-state index in [-0.39, 0.29) is 18.7 Å². The molecule has 118 valence electrons. The second-order valence-electron chi connectivity index (χ2n) is 5.30. The number of hydrogen-bond acceptors (Lipinski definition) is 4. The van der Waals surface area contributed by atoms with Gasteiger partial charge in [0.25, 0.3) is 5.91 Å². The molecular weight excluding hydrogens is 303 g/mol. The fraction of sp³-hybridized carbons (Fsp3) is 0.692. The number of aromatic nitrogens is 1. The molecule has 1 amide bonds. The molecule has 2 rings (SSSR count). The molecule has 0 aromatic carbocycles. The van der Waals surface area contributed by atoms with E-state index in [0.29, 0.717) is 29.1 Å². The molecule has 0 spiro atoms. The molecule has 0 bridgehead atoms. The van der Waals surface area contributed by atoms with Crippen molar-refractivity contribution >= 4 is 22.4 Å². The summed E-state index contributed by atoms with van der Waals surface area (Å²) in [5.74, 6) is -1.67. The highest BCUT2D eigenvalue weighted by Crippen LogP contribution is 2.37. The summed E-state index contributed by atoms with van der Waals surface area (Å²) in [4.78, 5) is 12.3. The molecule has 8 heteroatoms. The van der Waals surface area contributed by atoms with Crippen LogP contribution in [-0.2, 0) is 0 Å². The SMILES string of the molecule is CNc1snc(C)c1C(=O)NC1CCCC(C(F)(F)F)C1. The third-order valence-corrected chi connectivity index (χ3v) is 4.75. The molecule has 1 heterocycles. The normalized spacial score (nSPS) is 22.9. The van der Waals surface area contributed by atoms with Gasteiger partial charge in [0.15, 0.2) is 0 Å². The first-order valence-electron chi connectivity index (χ1n) is 6.84. The maximum atomic E-state index is 12.8. The monoisotopic (exact) mass is 321 g/mol.